The highest BCUT2D eigenvalue weighted by atomic mass is 32.9. The lowest BCUT2D eigenvalue weighted by molar-refractivity contribution is -0.0903. The molecule has 2 saturated heterocycles. The normalized spacial score (nSPS) is 25.7. The maximum Gasteiger partial charge on any atom is 0.256 e. The number of imidazole rings is 1. The average Bonchev–Trinajstić information content (AvgIpc) is 4.00. The number of nitrogens with zero attached hydrogens (tertiary/aromatic N) is 4. The van der Waals surface area contributed by atoms with E-state index in [-0.39, 0.29) is 23.4 Å². The predicted molar refractivity (Wildman–Crippen MR) is 249 cm³/mol. The van der Waals surface area contributed by atoms with E-state index >= 15 is 0 Å². The number of anilines is 1. The summed E-state index contributed by atoms with van der Waals surface area (Å²) < 4.78 is 41.2. The maximum atomic E-state index is 13.2. The monoisotopic (exact) mass is 903 g/mol. The van der Waals surface area contributed by atoms with Gasteiger partial charge in [-0.05, 0) is 104 Å². The Hall–Kier alpha value is -4.92. The van der Waals surface area contributed by atoms with Gasteiger partial charge in [0.2, 0.25) is 5.69 Å². The summed E-state index contributed by atoms with van der Waals surface area (Å²) in [4.78, 5) is 26.9. The molecule has 2 aliphatic heterocycles. The largest absolute Gasteiger partial charge is 0.497 e. The van der Waals surface area contributed by atoms with Gasteiger partial charge in [-0.25, -0.2) is 15.0 Å². The van der Waals surface area contributed by atoms with E-state index in [9.17, 15) is 4.79 Å². The second-order valence-corrected chi connectivity index (χ2v) is 23.0. The highest BCUT2D eigenvalue weighted by Crippen LogP contribution is 2.76. The van der Waals surface area contributed by atoms with E-state index in [0.29, 0.717) is 34.9 Å². The first kappa shape index (κ1) is 43.3. The first-order chi connectivity index (χ1) is 30.5. The van der Waals surface area contributed by atoms with Gasteiger partial charge in [0.05, 0.1) is 39.4 Å². The Morgan fingerprint density at radius 3 is 2.19 bits per heavy atom. The lowest BCUT2D eigenvalue weighted by Crippen LogP contribution is -2.39. The highest BCUT2D eigenvalue weighted by Gasteiger charge is 2.55. The molecule has 4 aromatic carbocycles. The molecule has 0 radical (unpaired) electrons. The summed E-state index contributed by atoms with van der Waals surface area (Å²) >= 11 is 8.08. The molecule has 4 heterocycles. The summed E-state index contributed by atoms with van der Waals surface area (Å²) in [5.41, 5.74) is 1.29. The third kappa shape index (κ3) is 8.58. The van der Waals surface area contributed by atoms with Crippen molar-refractivity contribution in [3.8, 4) is 11.5 Å². The molecular weight excluding hydrogens is 854 g/mol. The number of aromatic nitrogens is 4. The Bertz CT molecular complexity index is 2590. The number of nitrogens with one attached hydrogen (secondary N) is 1. The minimum absolute atomic E-state index is 0.0497. The Kier molecular flexibility index (Phi) is 12.3. The van der Waals surface area contributed by atoms with E-state index in [1.807, 2.05) is 89.5 Å². The molecule has 63 heavy (non-hydrogen) atoms. The van der Waals surface area contributed by atoms with Crippen LogP contribution in [0, 0.1) is 5.92 Å². The number of methoxy groups -OCH3 is 2. The van der Waals surface area contributed by atoms with Crippen LogP contribution in [0.5, 0.6) is 11.5 Å². The second-order valence-electron chi connectivity index (χ2n) is 16.5. The molecule has 326 valence electrons. The lowest BCUT2D eigenvalue weighted by Gasteiger charge is -2.37. The van der Waals surface area contributed by atoms with Gasteiger partial charge in [0.15, 0.2) is 17.0 Å². The number of amides is 1. The molecule has 1 unspecified atom stereocenters. The molecule has 3 fully saturated rings. The lowest BCUT2D eigenvalue weighted by atomic mass is 9.77. The highest BCUT2D eigenvalue weighted by molar-refractivity contribution is 8.68. The van der Waals surface area contributed by atoms with Gasteiger partial charge in [-0.15, -0.1) is 0 Å². The van der Waals surface area contributed by atoms with Crippen LogP contribution in [0.1, 0.15) is 72.8 Å². The van der Waals surface area contributed by atoms with Gasteiger partial charge in [0.1, 0.15) is 35.8 Å². The SMILES string of the molecule is C=C(C)[C@H]1CC[C@@]2(C)SP(=S)(O[C@H]3C[C@H](n4cnc5c(NC(=O)c6ccccc6)ncnc54)O[C@@H]3COC(c3ccccc3)(c3ccc(OC)cc3)c3ccc(OC)cc3)O[C@@H]2C1. The summed E-state index contributed by atoms with van der Waals surface area (Å²) in [5, 5.41) is 2.91. The summed E-state index contributed by atoms with van der Waals surface area (Å²) in [6.45, 7) is 8.72. The van der Waals surface area contributed by atoms with Crippen LogP contribution >= 0.6 is 17.1 Å². The summed E-state index contributed by atoms with van der Waals surface area (Å²) in [5.74, 6) is 1.82. The second kappa shape index (κ2) is 17.9. The molecule has 15 heteroatoms. The number of ether oxygens (including phenoxy) is 4. The molecule has 6 aromatic rings. The molecule has 3 aliphatic rings. The van der Waals surface area contributed by atoms with Crippen molar-refractivity contribution in [3.05, 3.63) is 156 Å². The van der Waals surface area contributed by atoms with Crippen LogP contribution in [0.15, 0.2) is 134 Å². The Labute approximate surface area is 376 Å². The van der Waals surface area contributed by atoms with Crippen LogP contribution < -0.4 is 14.8 Å². The number of fused-ring (bicyclic) bond motifs is 2. The number of allylic oxidation sites excluding steroid dienone is 1. The predicted octanol–water partition coefficient (Wildman–Crippen LogP) is 10.3. The van der Waals surface area contributed by atoms with Crippen LogP contribution in [-0.2, 0) is 35.9 Å². The van der Waals surface area contributed by atoms with E-state index in [1.165, 1.54) is 11.9 Å². The average molecular weight is 904 g/mol. The van der Waals surface area contributed by atoms with Gasteiger partial charge in [-0.1, -0.05) is 96.3 Å². The minimum atomic E-state index is -2.89. The van der Waals surface area contributed by atoms with Crippen molar-refractivity contribution in [1.82, 2.24) is 19.5 Å². The van der Waals surface area contributed by atoms with Crippen molar-refractivity contribution in [3.63, 3.8) is 0 Å². The summed E-state index contributed by atoms with van der Waals surface area (Å²) in [7, 11) is 3.30. The fraction of sp³-hybridized carbons (Fsp3) is 0.333. The van der Waals surface area contributed by atoms with Gasteiger partial charge in [-0.2, -0.15) is 0 Å². The Morgan fingerprint density at radius 1 is 0.921 bits per heavy atom. The van der Waals surface area contributed by atoms with E-state index in [0.717, 1.165) is 47.5 Å². The van der Waals surface area contributed by atoms with E-state index in [1.54, 1.807) is 44.1 Å². The molecule has 1 aliphatic carbocycles. The number of carbonyl (C=O) groups excluding carboxylic acids is 1. The van der Waals surface area contributed by atoms with Crippen molar-refractivity contribution < 1.29 is 32.8 Å². The smallest absolute Gasteiger partial charge is 0.256 e. The number of rotatable bonds is 14. The minimum Gasteiger partial charge on any atom is -0.497 e. The van der Waals surface area contributed by atoms with E-state index < -0.39 is 29.7 Å². The van der Waals surface area contributed by atoms with Crippen LogP contribution in [-0.4, -0.2) is 69.3 Å². The van der Waals surface area contributed by atoms with Crippen molar-refractivity contribution in [2.24, 2.45) is 5.92 Å². The van der Waals surface area contributed by atoms with Gasteiger partial charge < -0.3 is 33.3 Å². The van der Waals surface area contributed by atoms with Crippen molar-refractivity contribution in [2.45, 2.75) is 74.4 Å². The van der Waals surface area contributed by atoms with E-state index in [2.05, 4.69) is 52.8 Å². The molecular formula is C48H50N5O7PS2. The Morgan fingerprint density at radius 2 is 1.56 bits per heavy atom. The van der Waals surface area contributed by atoms with Gasteiger partial charge in [0, 0.05) is 16.7 Å². The van der Waals surface area contributed by atoms with Gasteiger partial charge in [-0.3, -0.25) is 9.36 Å². The third-order valence-corrected chi connectivity index (χ3v) is 18.2. The number of hydrogen-bond acceptors (Lipinski definition) is 12. The number of benzene rings is 4. The van der Waals surface area contributed by atoms with Crippen molar-refractivity contribution in [2.75, 3.05) is 26.1 Å². The number of hydrogen-bond donors (Lipinski definition) is 1. The molecule has 1 N–H and O–H groups in total. The molecule has 9 rings (SSSR count). The van der Waals surface area contributed by atoms with Crippen LogP contribution in [0.4, 0.5) is 5.82 Å². The fourth-order valence-electron chi connectivity index (χ4n) is 8.94. The quantitative estimate of drug-likeness (QED) is 0.0635. The van der Waals surface area contributed by atoms with Crippen molar-refractivity contribution in [1.29, 1.82) is 0 Å². The van der Waals surface area contributed by atoms with E-state index in [4.69, 9.17) is 39.8 Å². The Balaban J connectivity index is 1.08. The fourth-order valence-corrected chi connectivity index (χ4v) is 16.5. The molecule has 7 atom stereocenters. The van der Waals surface area contributed by atoms with Crippen LogP contribution in [0.25, 0.3) is 11.2 Å². The van der Waals surface area contributed by atoms with Gasteiger partial charge >= 0.3 is 0 Å². The molecule has 2 aromatic heterocycles. The molecule has 1 saturated carbocycles. The molecule has 0 bridgehead atoms. The number of carbonyl (C=O) groups is 1. The molecule has 1 amide bonds. The zero-order valence-electron chi connectivity index (χ0n) is 35.6. The van der Waals surface area contributed by atoms with Gasteiger partial charge in [0.25, 0.3) is 5.91 Å². The van der Waals surface area contributed by atoms with Crippen LogP contribution in [0.2, 0.25) is 0 Å². The maximum absolute atomic E-state index is 13.2. The van der Waals surface area contributed by atoms with Crippen LogP contribution in [0.3, 0.4) is 0 Å². The summed E-state index contributed by atoms with van der Waals surface area (Å²) in [6, 6.07) is 35.0. The summed E-state index contributed by atoms with van der Waals surface area (Å²) in [6.07, 6.45) is 4.56. The topological polar surface area (TPSA) is 128 Å². The third-order valence-electron chi connectivity index (χ3n) is 12.5. The zero-order chi connectivity index (χ0) is 43.8. The molecule has 0 spiro atoms. The first-order valence-electron chi connectivity index (χ1n) is 21.0. The zero-order valence-corrected chi connectivity index (χ0v) is 38.1. The first-order valence-corrected chi connectivity index (χ1v) is 25.1. The molecule has 12 nitrogen and oxygen atoms in total. The standard InChI is InChI=1S/C48H50N5O7PS2/c1-31(2)33-24-25-47(3)41(26-33)60-61(62,63-47)59-39-27-42(53-30-51-43-44(49-29-50-45(43)53)52-46(54)32-12-8-6-9-13-32)58-40(39)28-57-48(34-14-10-7-11-15-34,35-16-20-37(55-4)21-17-35)36-18-22-38(56-5)23-19-36/h6-23,29-30,33,39-42H,1,24-28H2,2-5H3,(H,49,50,52,54)/t33-,39-,40+,41+,42+,47+,61?/m0/s1. The van der Waals surface area contributed by atoms with Crippen molar-refractivity contribution >= 4 is 51.8 Å².